The molecule has 0 unspecified atom stereocenters. The lowest BCUT2D eigenvalue weighted by Crippen LogP contribution is -2.27. The predicted molar refractivity (Wildman–Crippen MR) is 80.2 cm³/mol. The van der Waals surface area contributed by atoms with Gasteiger partial charge < -0.3 is 5.11 Å². The number of aliphatic hydroxyl groups excluding tert-OH is 1. The summed E-state index contributed by atoms with van der Waals surface area (Å²) in [6.45, 7) is 4.51. The van der Waals surface area contributed by atoms with E-state index in [1.807, 2.05) is 11.4 Å². The van der Waals surface area contributed by atoms with E-state index in [0.29, 0.717) is 23.7 Å². The molecule has 2 rings (SSSR count). The van der Waals surface area contributed by atoms with E-state index in [-0.39, 0.29) is 12.4 Å². The van der Waals surface area contributed by atoms with Crippen molar-refractivity contribution in [3.8, 4) is 10.6 Å². The number of hydrogen-bond donors (Lipinski definition) is 1. The molecule has 5 heteroatoms. The minimum absolute atomic E-state index is 0.143. The van der Waals surface area contributed by atoms with Crippen molar-refractivity contribution in [2.24, 2.45) is 0 Å². The number of thiazole rings is 1. The first-order chi connectivity index (χ1) is 9.74. The lowest BCUT2D eigenvalue weighted by Gasteiger charge is -2.18. The van der Waals surface area contributed by atoms with Crippen LogP contribution in [0.2, 0.25) is 0 Å². The van der Waals surface area contributed by atoms with Crippen LogP contribution in [0.5, 0.6) is 0 Å². The fourth-order valence-electron chi connectivity index (χ4n) is 2.09. The molecule has 0 saturated carbocycles. The summed E-state index contributed by atoms with van der Waals surface area (Å²) in [5.41, 5.74) is 1.48. The Morgan fingerprint density at radius 1 is 1.30 bits per heavy atom. The van der Waals surface area contributed by atoms with Crippen molar-refractivity contribution in [2.45, 2.75) is 19.9 Å². The highest BCUT2D eigenvalue weighted by atomic mass is 32.1. The minimum atomic E-state index is -0.242. The Balaban J connectivity index is 2.10. The summed E-state index contributed by atoms with van der Waals surface area (Å²) in [4.78, 5) is 6.65. The zero-order chi connectivity index (χ0) is 14.4. The summed E-state index contributed by atoms with van der Waals surface area (Å²) in [6.07, 6.45) is 1.03. The summed E-state index contributed by atoms with van der Waals surface area (Å²) >= 11 is 1.45. The summed E-state index contributed by atoms with van der Waals surface area (Å²) < 4.78 is 13.7. The number of rotatable bonds is 7. The van der Waals surface area contributed by atoms with Crippen LogP contribution < -0.4 is 0 Å². The fraction of sp³-hybridized carbons (Fsp3) is 0.400. The Bertz CT molecular complexity index is 538. The SMILES string of the molecule is CCCN(CCO)Cc1csc(-c2ccccc2F)n1. The van der Waals surface area contributed by atoms with Crippen molar-refractivity contribution >= 4 is 11.3 Å². The van der Waals surface area contributed by atoms with Crippen molar-refractivity contribution in [3.05, 3.63) is 41.2 Å². The van der Waals surface area contributed by atoms with Gasteiger partial charge in [-0.2, -0.15) is 0 Å². The largest absolute Gasteiger partial charge is 0.395 e. The maximum Gasteiger partial charge on any atom is 0.133 e. The van der Waals surface area contributed by atoms with Crippen LogP contribution in [0.4, 0.5) is 4.39 Å². The highest BCUT2D eigenvalue weighted by Crippen LogP contribution is 2.26. The molecule has 0 spiro atoms. The van der Waals surface area contributed by atoms with E-state index in [1.54, 1.807) is 12.1 Å². The van der Waals surface area contributed by atoms with Gasteiger partial charge in [0.05, 0.1) is 12.3 Å². The Kier molecular flexibility index (Phi) is 5.64. The van der Waals surface area contributed by atoms with Gasteiger partial charge in [-0.05, 0) is 25.1 Å². The highest BCUT2D eigenvalue weighted by Gasteiger charge is 2.11. The normalized spacial score (nSPS) is 11.2. The van der Waals surface area contributed by atoms with E-state index in [9.17, 15) is 4.39 Å². The first kappa shape index (κ1) is 15.1. The molecular weight excluding hydrogens is 275 g/mol. The van der Waals surface area contributed by atoms with Crippen molar-refractivity contribution in [2.75, 3.05) is 19.7 Å². The van der Waals surface area contributed by atoms with Gasteiger partial charge in [0.1, 0.15) is 10.8 Å². The van der Waals surface area contributed by atoms with Crippen LogP contribution in [0.25, 0.3) is 10.6 Å². The van der Waals surface area contributed by atoms with Crippen LogP contribution in [0.3, 0.4) is 0 Å². The molecule has 3 nitrogen and oxygen atoms in total. The quantitative estimate of drug-likeness (QED) is 0.852. The molecule has 0 bridgehead atoms. The van der Waals surface area contributed by atoms with Gasteiger partial charge in [0.25, 0.3) is 0 Å². The number of halogens is 1. The average molecular weight is 294 g/mol. The number of benzene rings is 1. The molecule has 0 fully saturated rings. The molecule has 20 heavy (non-hydrogen) atoms. The molecule has 2 aromatic rings. The third-order valence-electron chi connectivity index (χ3n) is 3.00. The lowest BCUT2D eigenvalue weighted by atomic mass is 10.2. The Hall–Kier alpha value is -1.30. The van der Waals surface area contributed by atoms with Crippen molar-refractivity contribution in [1.82, 2.24) is 9.88 Å². The monoisotopic (exact) mass is 294 g/mol. The molecule has 0 amide bonds. The molecule has 1 aromatic heterocycles. The third-order valence-corrected chi connectivity index (χ3v) is 3.92. The van der Waals surface area contributed by atoms with E-state index >= 15 is 0 Å². The fourth-order valence-corrected chi connectivity index (χ4v) is 2.93. The summed E-state index contributed by atoms with van der Waals surface area (Å²) in [5, 5.41) is 11.7. The lowest BCUT2D eigenvalue weighted by molar-refractivity contribution is 0.189. The van der Waals surface area contributed by atoms with Gasteiger partial charge in [-0.15, -0.1) is 11.3 Å². The van der Waals surface area contributed by atoms with E-state index in [0.717, 1.165) is 18.7 Å². The van der Waals surface area contributed by atoms with Gasteiger partial charge in [-0.1, -0.05) is 19.1 Å². The Morgan fingerprint density at radius 2 is 2.10 bits per heavy atom. The summed E-state index contributed by atoms with van der Waals surface area (Å²) in [6, 6.07) is 6.69. The first-order valence-corrected chi connectivity index (χ1v) is 7.65. The van der Waals surface area contributed by atoms with Crippen molar-refractivity contribution < 1.29 is 9.50 Å². The van der Waals surface area contributed by atoms with Gasteiger partial charge in [0.2, 0.25) is 0 Å². The van der Waals surface area contributed by atoms with Gasteiger partial charge >= 0.3 is 0 Å². The van der Waals surface area contributed by atoms with Crippen LogP contribution in [0.1, 0.15) is 19.0 Å². The number of nitrogens with zero attached hydrogens (tertiary/aromatic N) is 2. The molecule has 0 saturated heterocycles. The molecular formula is C15H19FN2OS. The zero-order valence-electron chi connectivity index (χ0n) is 11.6. The molecule has 1 heterocycles. The van der Waals surface area contributed by atoms with Gasteiger partial charge in [-0.25, -0.2) is 9.37 Å². The van der Waals surface area contributed by atoms with Gasteiger partial charge in [-0.3, -0.25) is 4.90 Å². The number of aliphatic hydroxyl groups is 1. The van der Waals surface area contributed by atoms with Crippen LogP contribution in [-0.2, 0) is 6.54 Å². The highest BCUT2D eigenvalue weighted by molar-refractivity contribution is 7.13. The number of hydrogen-bond acceptors (Lipinski definition) is 4. The molecule has 0 aliphatic rings. The molecule has 0 atom stereocenters. The topological polar surface area (TPSA) is 36.4 Å². The smallest absolute Gasteiger partial charge is 0.133 e. The Morgan fingerprint density at radius 3 is 2.80 bits per heavy atom. The van der Waals surface area contributed by atoms with Gasteiger partial charge in [0.15, 0.2) is 0 Å². The second kappa shape index (κ2) is 7.47. The maximum absolute atomic E-state index is 13.7. The molecule has 0 aliphatic heterocycles. The second-order valence-electron chi connectivity index (χ2n) is 4.62. The molecule has 1 aromatic carbocycles. The van der Waals surface area contributed by atoms with Crippen LogP contribution in [0, 0.1) is 5.82 Å². The zero-order valence-corrected chi connectivity index (χ0v) is 12.4. The molecule has 0 aliphatic carbocycles. The maximum atomic E-state index is 13.7. The van der Waals surface area contributed by atoms with E-state index in [1.165, 1.54) is 17.4 Å². The van der Waals surface area contributed by atoms with Crippen LogP contribution in [0.15, 0.2) is 29.6 Å². The number of aromatic nitrogens is 1. The van der Waals surface area contributed by atoms with E-state index in [4.69, 9.17) is 5.11 Å². The van der Waals surface area contributed by atoms with Crippen LogP contribution in [-0.4, -0.2) is 34.7 Å². The molecule has 0 radical (unpaired) electrons. The standard InChI is InChI=1S/C15H19FN2OS/c1-2-7-18(8-9-19)10-12-11-20-15(17-12)13-5-3-4-6-14(13)16/h3-6,11,19H,2,7-10H2,1H3. The minimum Gasteiger partial charge on any atom is -0.395 e. The molecule has 1 N–H and O–H groups in total. The van der Waals surface area contributed by atoms with E-state index in [2.05, 4.69) is 16.8 Å². The predicted octanol–water partition coefficient (Wildman–Crippen LogP) is 3.15. The Labute approximate surface area is 122 Å². The van der Waals surface area contributed by atoms with Crippen molar-refractivity contribution in [3.63, 3.8) is 0 Å². The van der Waals surface area contributed by atoms with Gasteiger partial charge in [0, 0.05) is 24.0 Å². The third kappa shape index (κ3) is 3.85. The summed E-state index contributed by atoms with van der Waals surface area (Å²) in [7, 11) is 0. The average Bonchev–Trinajstić information content (AvgIpc) is 2.88. The summed E-state index contributed by atoms with van der Waals surface area (Å²) in [5.74, 6) is -0.242. The van der Waals surface area contributed by atoms with Crippen molar-refractivity contribution in [1.29, 1.82) is 0 Å². The first-order valence-electron chi connectivity index (χ1n) is 6.77. The van der Waals surface area contributed by atoms with E-state index < -0.39 is 0 Å². The molecule has 108 valence electrons. The van der Waals surface area contributed by atoms with Crippen LogP contribution >= 0.6 is 11.3 Å². The second-order valence-corrected chi connectivity index (χ2v) is 5.48.